The van der Waals surface area contributed by atoms with Crippen molar-refractivity contribution >= 4 is 19.1 Å². The molecule has 0 aliphatic carbocycles. The van der Waals surface area contributed by atoms with Gasteiger partial charge in [0, 0.05) is 25.7 Å². The van der Waals surface area contributed by atoms with Crippen molar-refractivity contribution in [1.29, 1.82) is 0 Å². The van der Waals surface area contributed by atoms with Crippen LogP contribution in [0.3, 0.4) is 0 Å². The van der Waals surface area contributed by atoms with Gasteiger partial charge in [-0.3, -0.25) is 4.79 Å². The Labute approximate surface area is 143 Å². The molecule has 0 spiro atoms. The first-order valence-corrected chi connectivity index (χ1v) is 7.95. The van der Waals surface area contributed by atoms with Crippen LogP contribution in [0.1, 0.15) is 40.2 Å². The number of rotatable bonds is 5. The molecule has 6 nitrogen and oxygen atoms in total. The van der Waals surface area contributed by atoms with Crippen LogP contribution in [-0.4, -0.2) is 42.9 Å². The van der Waals surface area contributed by atoms with Gasteiger partial charge < -0.3 is 19.4 Å². The van der Waals surface area contributed by atoms with Crippen molar-refractivity contribution in [2.45, 2.75) is 45.8 Å². The monoisotopic (exact) mass is 332 g/mol. The summed E-state index contributed by atoms with van der Waals surface area (Å²) in [6, 6.07) is 3.68. The minimum absolute atomic E-state index is 0.107. The molecule has 1 aromatic heterocycles. The van der Waals surface area contributed by atoms with Crippen molar-refractivity contribution in [2.75, 3.05) is 13.7 Å². The number of pyridine rings is 1. The van der Waals surface area contributed by atoms with E-state index in [9.17, 15) is 4.79 Å². The van der Waals surface area contributed by atoms with E-state index in [0.29, 0.717) is 12.4 Å². The zero-order chi connectivity index (χ0) is 18.0. The predicted octanol–water partition coefficient (Wildman–Crippen LogP) is 2.24. The number of hydrogen-bond donors (Lipinski definition) is 1. The Bertz CT molecular complexity index is 627. The Morgan fingerprint density at radius 2 is 1.96 bits per heavy atom. The third kappa shape index (κ3) is 4.16. The van der Waals surface area contributed by atoms with Gasteiger partial charge in [0.15, 0.2) is 0 Å². The largest absolute Gasteiger partial charge is 0.492 e. The molecular weight excluding hydrogens is 307 g/mol. The van der Waals surface area contributed by atoms with E-state index in [-0.39, 0.29) is 5.91 Å². The normalized spacial score (nSPS) is 19.2. The topological polar surface area (TPSA) is 69.7 Å². The zero-order valence-electron chi connectivity index (χ0n) is 15.2. The number of nitrogens with one attached hydrogen (secondary N) is 1. The Balaban J connectivity index is 2.31. The van der Waals surface area contributed by atoms with Crippen LogP contribution in [0.4, 0.5) is 0 Å². The molecule has 7 heteroatoms. The molecule has 24 heavy (non-hydrogen) atoms. The highest BCUT2D eigenvalue weighted by Crippen LogP contribution is 2.38. The molecule has 1 aliphatic rings. The molecule has 0 atom stereocenters. The second kappa shape index (κ2) is 6.95. The van der Waals surface area contributed by atoms with Crippen LogP contribution in [0, 0.1) is 0 Å². The Kier molecular flexibility index (Phi) is 5.35. The van der Waals surface area contributed by atoms with Gasteiger partial charge in [-0.2, -0.15) is 0 Å². The van der Waals surface area contributed by atoms with Crippen LogP contribution in [0.15, 0.2) is 23.8 Å². The Morgan fingerprint density at radius 3 is 2.50 bits per heavy atom. The molecular formula is C17H25BN2O4. The van der Waals surface area contributed by atoms with Crippen molar-refractivity contribution in [3.8, 4) is 5.88 Å². The van der Waals surface area contributed by atoms with Gasteiger partial charge in [0.1, 0.15) is 0 Å². The standard InChI is InChI=1S/C17H25BN2O4/c1-12(21)20-11-14(9-13-7-8-19-15(10-13)22-6)18-23-16(2,3)17(4,5)24-18/h7-10H,11H2,1-6H3,(H,20,21). The first-order chi connectivity index (χ1) is 11.1. The van der Waals surface area contributed by atoms with Gasteiger partial charge in [-0.15, -0.1) is 0 Å². The summed E-state index contributed by atoms with van der Waals surface area (Å²) >= 11 is 0. The predicted molar refractivity (Wildman–Crippen MR) is 93.5 cm³/mol. The SMILES string of the molecule is COc1cc(C=C(CNC(C)=O)B2OC(C)(C)C(C)(C)O2)ccn1. The third-order valence-corrected chi connectivity index (χ3v) is 4.42. The second-order valence-corrected chi connectivity index (χ2v) is 6.85. The van der Waals surface area contributed by atoms with Crippen LogP contribution in [0.5, 0.6) is 5.88 Å². The summed E-state index contributed by atoms with van der Waals surface area (Å²) < 4.78 is 17.4. The summed E-state index contributed by atoms with van der Waals surface area (Å²) in [5.41, 5.74) is 0.847. The number of methoxy groups -OCH3 is 1. The van der Waals surface area contributed by atoms with E-state index in [1.165, 1.54) is 6.92 Å². The molecule has 1 fully saturated rings. The fourth-order valence-corrected chi connectivity index (χ4v) is 2.26. The Morgan fingerprint density at radius 1 is 1.33 bits per heavy atom. The number of ether oxygens (including phenoxy) is 1. The molecule has 2 rings (SSSR count). The van der Waals surface area contributed by atoms with Crippen LogP contribution in [0.25, 0.3) is 6.08 Å². The highest BCUT2D eigenvalue weighted by atomic mass is 16.7. The number of aromatic nitrogens is 1. The Hall–Kier alpha value is -1.86. The maximum absolute atomic E-state index is 11.3. The van der Waals surface area contributed by atoms with Gasteiger partial charge in [0.25, 0.3) is 0 Å². The zero-order valence-corrected chi connectivity index (χ0v) is 15.2. The number of hydrogen-bond acceptors (Lipinski definition) is 5. The van der Waals surface area contributed by atoms with Gasteiger partial charge in [0.05, 0.1) is 18.3 Å². The number of carbonyl (C=O) groups excluding carboxylic acids is 1. The minimum Gasteiger partial charge on any atom is -0.481 e. The van der Waals surface area contributed by atoms with Crippen LogP contribution < -0.4 is 10.1 Å². The maximum atomic E-state index is 11.3. The molecule has 0 aromatic carbocycles. The van der Waals surface area contributed by atoms with E-state index in [4.69, 9.17) is 14.0 Å². The van der Waals surface area contributed by atoms with E-state index in [2.05, 4.69) is 10.3 Å². The summed E-state index contributed by atoms with van der Waals surface area (Å²) in [5.74, 6) is 0.418. The highest BCUT2D eigenvalue weighted by Gasteiger charge is 2.52. The van der Waals surface area contributed by atoms with Gasteiger partial charge in [-0.25, -0.2) is 4.98 Å². The summed E-state index contributed by atoms with van der Waals surface area (Å²) in [5, 5.41) is 2.81. The lowest BCUT2D eigenvalue weighted by Crippen LogP contribution is -2.41. The van der Waals surface area contributed by atoms with Gasteiger partial charge in [-0.1, -0.05) is 6.08 Å². The van der Waals surface area contributed by atoms with Crippen molar-refractivity contribution in [3.05, 3.63) is 29.4 Å². The van der Waals surface area contributed by atoms with E-state index < -0.39 is 18.3 Å². The van der Waals surface area contributed by atoms with Crippen molar-refractivity contribution in [3.63, 3.8) is 0 Å². The first kappa shape index (κ1) is 18.5. The third-order valence-electron chi connectivity index (χ3n) is 4.42. The summed E-state index contributed by atoms with van der Waals surface area (Å²) in [6.45, 7) is 9.82. The minimum atomic E-state index is -0.527. The average Bonchev–Trinajstić information content (AvgIpc) is 2.71. The van der Waals surface area contributed by atoms with Crippen LogP contribution in [0.2, 0.25) is 0 Å². The molecule has 0 bridgehead atoms. The first-order valence-electron chi connectivity index (χ1n) is 7.95. The molecule has 1 aliphatic heterocycles. The lowest BCUT2D eigenvalue weighted by Gasteiger charge is -2.32. The number of nitrogens with zero attached hydrogens (tertiary/aromatic N) is 1. The van der Waals surface area contributed by atoms with Crippen molar-refractivity contribution < 1.29 is 18.8 Å². The summed E-state index contributed by atoms with van der Waals surface area (Å²) in [6.07, 6.45) is 3.60. The van der Waals surface area contributed by atoms with E-state index in [0.717, 1.165) is 11.0 Å². The van der Waals surface area contributed by atoms with E-state index in [1.54, 1.807) is 13.3 Å². The highest BCUT2D eigenvalue weighted by molar-refractivity contribution is 6.56. The van der Waals surface area contributed by atoms with Crippen LogP contribution >= 0.6 is 0 Å². The smallest absolute Gasteiger partial charge is 0.481 e. The van der Waals surface area contributed by atoms with E-state index >= 15 is 0 Å². The fraction of sp³-hybridized carbons (Fsp3) is 0.529. The molecule has 0 radical (unpaired) electrons. The molecule has 1 amide bonds. The quantitative estimate of drug-likeness (QED) is 0.838. The second-order valence-electron chi connectivity index (χ2n) is 6.85. The van der Waals surface area contributed by atoms with Gasteiger partial charge in [0.2, 0.25) is 11.8 Å². The fourth-order valence-electron chi connectivity index (χ4n) is 2.26. The molecule has 130 valence electrons. The lowest BCUT2D eigenvalue weighted by molar-refractivity contribution is -0.118. The van der Waals surface area contributed by atoms with Crippen molar-refractivity contribution in [1.82, 2.24) is 10.3 Å². The lowest BCUT2D eigenvalue weighted by atomic mass is 9.77. The summed E-state index contributed by atoms with van der Waals surface area (Å²) in [7, 11) is 1.04. The molecule has 0 unspecified atom stereocenters. The number of carbonyl (C=O) groups is 1. The molecule has 2 heterocycles. The van der Waals surface area contributed by atoms with Gasteiger partial charge >= 0.3 is 7.12 Å². The van der Waals surface area contributed by atoms with Crippen molar-refractivity contribution in [2.24, 2.45) is 0 Å². The molecule has 0 saturated carbocycles. The molecule has 1 aromatic rings. The summed E-state index contributed by atoms with van der Waals surface area (Å²) in [4.78, 5) is 15.4. The average molecular weight is 332 g/mol. The molecule has 1 N–H and O–H groups in total. The maximum Gasteiger partial charge on any atom is 0.492 e. The van der Waals surface area contributed by atoms with Gasteiger partial charge in [-0.05, 0) is 44.8 Å². The van der Waals surface area contributed by atoms with Crippen LogP contribution in [-0.2, 0) is 14.1 Å². The van der Waals surface area contributed by atoms with E-state index in [1.807, 2.05) is 45.9 Å². The number of amides is 1. The molecule has 1 saturated heterocycles.